The summed E-state index contributed by atoms with van der Waals surface area (Å²) in [4.78, 5) is 32.1. The van der Waals surface area contributed by atoms with Gasteiger partial charge in [-0.05, 0) is 108 Å². The molecule has 2 aliphatic rings. The largest absolute Gasteiger partial charge is 2.00 e. The van der Waals surface area contributed by atoms with Crippen LogP contribution in [-0.2, 0) is 88.8 Å². The first-order chi connectivity index (χ1) is 20.1. The molecule has 0 fully saturated rings. The van der Waals surface area contributed by atoms with Crippen LogP contribution in [0.15, 0.2) is 22.1 Å². The number of aliphatic carboxylic acids is 2. The molecule has 4 atom stereocenters. The van der Waals surface area contributed by atoms with Gasteiger partial charge < -0.3 is 46.4 Å². The van der Waals surface area contributed by atoms with E-state index in [9.17, 15) is 30.0 Å². The molecule has 4 rings (SSSR count). The van der Waals surface area contributed by atoms with E-state index in [0.29, 0.717) is 36.8 Å². The Balaban J connectivity index is 0. The molecule has 0 saturated heterocycles. The molecule has 2 radical (unpaired) electrons. The number of hydrogen-bond acceptors (Lipinski definition) is 8. The maximum Gasteiger partial charge on any atom is 0.0918 e. The van der Waals surface area contributed by atoms with Gasteiger partial charge in [-0.15, -0.1) is 0 Å². The van der Waals surface area contributed by atoms with Crippen LogP contribution in [-0.4, -0.2) is 36.5 Å². The first-order valence-electron chi connectivity index (χ1n) is 15.3. The molecule has 2 aliphatic carbocycles. The summed E-state index contributed by atoms with van der Waals surface area (Å²) in [7, 11) is 0. The van der Waals surface area contributed by atoms with E-state index in [0.717, 1.165) is 60.8 Å². The molecular weight excluding hydrogens is 682 g/mol. The molecule has 0 N–H and O–H groups in total. The van der Waals surface area contributed by atoms with Gasteiger partial charge in [-0.2, -0.15) is 0 Å². The van der Waals surface area contributed by atoms with Crippen molar-refractivity contribution >= 4 is 24.4 Å². The Hall–Kier alpha value is -2.63. The molecule has 47 heavy (non-hydrogen) atoms. The topological polar surface area (TPSA) is 237 Å². The van der Waals surface area contributed by atoms with E-state index >= 15 is 0 Å². The number of benzene rings is 2. The van der Waals surface area contributed by atoms with Crippen LogP contribution in [0, 0.1) is 11.8 Å². The molecule has 2 aromatic carbocycles. The number of carboxylic acids is 2. The summed E-state index contributed by atoms with van der Waals surface area (Å²) in [5.41, 5.74) is 4.96. The fourth-order valence-corrected chi connectivity index (χ4v) is 6.18. The number of rotatable bonds is 11. The zero-order valence-electron chi connectivity index (χ0n) is 27.2. The minimum Gasteiger partial charge on any atom is -2.00 e. The molecule has 0 spiro atoms. The van der Waals surface area contributed by atoms with Crippen molar-refractivity contribution in [2.45, 2.75) is 104 Å². The predicted molar refractivity (Wildman–Crippen MR) is 158 cm³/mol. The van der Waals surface area contributed by atoms with Gasteiger partial charge in [0.05, 0.1) is 24.0 Å². The monoisotopic (exact) mass is 722 g/mol. The molecular formula is C34H40N2O9V2-10. The van der Waals surface area contributed by atoms with Gasteiger partial charge in [0.15, 0.2) is 0 Å². The van der Waals surface area contributed by atoms with Gasteiger partial charge in [0.25, 0.3) is 0 Å². The summed E-state index contributed by atoms with van der Waals surface area (Å²) in [6.07, 6.45) is 10.4. The smallest absolute Gasteiger partial charge is 0.0918 e. The van der Waals surface area contributed by atoms with E-state index in [4.69, 9.17) is 0 Å². The molecule has 0 aliphatic heterocycles. The third kappa shape index (κ3) is 10.2. The van der Waals surface area contributed by atoms with Gasteiger partial charge >= 0.3 is 0 Å². The minimum atomic E-state index is -1.29. The summed E-state index contributed by atoms with van der Waals surface area (Å²) >= 11 is 0. The molecule has 0 bridgehead atoms. The van der Waals surface area contributed by atoms with Crippen LogP contribution in [0.2, 0.25) is 0 Å². The Morgan fingerprint density at radius 2 is 1.00 bits per heavy atom. The normalized spacial score (nSPS) is 16.0. The molecule has 0 amide bonds. The van der Waals surface area contributed by atoms with E-state index in [-0.39, 0.29) is 88.0 Å². The Bertz CT molecular complexity index is 1310. The average Bonchev–Trinajstić information content (AvgIpc) is 2.97. The quantitative estimate of drug-likeness (QED) is 0.315. The van der Waals surface area contributed by atoms with Crippen LogP contribution in [0.1, 0.15) is 99.6 Å². The average molecular weight is 723 g/mol. The number of carbonyl (C=O) groups excluding carboxylic acids is 2. The van der Waals surface area contributed by atoms with Crippen molar-refractivity contribution in [3.63, 3.8) is 0 Å². The van der Waals surface area contributed by atoms with Crippen molar-refractivity contribution in [1.82, 2.24) is 0 Å². The molecule has 0 aromatic heterocycles. The SMILES string of the molecule is CC[C@H](C)[C@H](N=Cc1cc2c(c(-c3c([O-])c(C=N[C@H](C(=O)[O-])[C@@H](C)CC)cc4c3CCCC4)c1[O-])CCCC2)C(=O)[O-].[O-2].[O-2].[O-2].[V].[V]. The number of carbonyl (C=O) groups is 2. The number of aryl methyl sites for hydroxylation is 2. The zero-order valence-corrected chi connectivity index (χ0v) is 29.9. The summed E-state index contributed by atoms with van der Waals surface area (Å²) in [5.74, 6) is -3.80. The van der Waals surface area contributed by atoms with Gasteiger partial charge in [-0.25, -0.2) is 0 Å². The maximum atomic E-state index is 14.2. The van der Waals surface area contributed by atoms with E-state index in [1.165, 1.54) is 12.4 Å². The number of aliphatic imine (C=N–C) groups is 2. The fourth-order valence-electron chi connectivity index (χ4n) is 6.18. The van der Waals surface area contributed by atoms with E-state index < -0.39 is 24.0 Å². The molecule has 260 valence electrons. The van der Waals surface area contributed by atoms with Gasteiger partial charge in [0.2, 0.25) is 0 Å². The van der Waals surface area contributed by atoms with Crippen molar-refractivity contribution < 1.29 is 83.6 Å². The Labute approximate surface area is 300 Å². The third-order valence-electron chi connectivity index (χ3n) is 9.11. The predicted octanol–water partition coefficient (Wildman–Crippen LogP) is 2.06. The van der Waals surface area contributed by atoms with Crippen molar-refractivity contribution in [3.05, 3.63) is 45.5 Å². The third-order valence-corrected chi connectivity index (χ3v) is 9.11. The van der Waals surface area contributed by atoms with Crippen LogP contribution < -0.4 is 20.4 Å². The van der Waals surface area contributed by atoms with Gasteiger partial charge in [0.1, 0.15) is 0 Å². The van der Waals surface area contributed by atoms with Crippen molar-refractivity contribution in [2.75, 3.05) is 0 Å². The second kappa shape index (κ2) is 20.7. The molecule has 13 heteroatoms. The van der Waals surface area contributed by atoms with Gasteiger partial charge in [-0.3, -0.25) is 9.98 Å². The van der Waals surface area contributed by atoms with Crippen LogP contribution >= 0.6 is 0 Å². The van der Waals surface area contributed by atoms with Crippen molar-refractivity contribution in [3.8, 4) is 22.6 Å². The van der Waals surface area contributed by atoms with Crippen molar-refractivity contribution in [1.29, 1.82) is 0 Å². The molecule has 0 saturated carbocycles. The second-order valence-electron chi connectivity index (χ2n) is 11.9. The van der Waals surface area contributed by atoms with Crippen molar-refractivity contribution in [2.24, 2.45) is 21.8 Å². The minimum absolute atomic E-state index is 0. The Morgan fingerprint density at radius 3 is 1.30 bits per heavy atom. The number of hydrogen-bond donors (Lipinski definition) is 0. The fraction of sp³-hybridized carbons (Fsp3) is 0.529. The molecule has 11 nitrogen and oxygen atoms in total. The van der Waals surface area contributed by atoms with Crippen LogP contribution in [0.5, 0.6) is 11.5 Å². The number of carboxylic acid groups (broad SMARTS) is 2. The summed E-state index contributed by atoms with van der Waals surface area (Å²) in [5, 5.41) is 51.9. The molecule has 0 heterocycles. The van der Waals surface area contributed by atoms with Crippen LogP contribution in [0.4, 0.5) is 0 Å². The Kier molecular flexibility index (Phi) is 20.4. The standard InChI is InChI=1S/C34H44N2O6.3O.2V/c1-5-19(3)29(33(39)40)35-17-23-15-21-11-7-9-13-25(21)27(31(23)37)28-26-14-10-8-12-22(26)16-24(32(28)38)18-36-30(34(41)42)20(4)6-2;;;;;/h15-20,29-30,37-38H,5-14H2,1-4H3,(H,39,40)(H,41,42);;;;;/q;3*-2;;/p-4/t19-,20-,29-,30-;;;;;/m0...../s1. The first-order valence-corrected chi connectivity index (χ1v) is 15.3. The second-order valence-corrected chi connectivity index (χ2v) is 11.9. The van der Waals surface area contributed by atoms with E-state index in [2.05, 4.69) is 9.98 Å². The number of nitrogens with zero attached hydrogens (tertiary/aromatic N) is 2. The Morgan fingerprint density at radius 1 is 0.681 bits per heavy atom. The molecule has 0 unspecified atom stereocenters. The maximum absolute atomic E-state index is 14.2. The van der Waals surface area contributed by atoms with Crippen LogP contribution in [0.25, 0.3) is 11.1 Å². The molecule has 2 aromatic rings. The zero-order chi connectivity index (χ0) is 30.6. The van der Waals surface area contributed by atoms with E-state index in [1.807, 2.05) is 13.8 Å². The summed E-state index contributed by atoms with van der Waals surface area (Å²) in [6, 6.07) is 1.42. The summed E-state index contributed by atoms with van der Waals surface area (Å²) in [6.45, 7) is 7.31. The van der Waals surface area contributed by atoms with Gasteiger partial charge in [-0.1, -0.05) is 64.2 Å². The van der Waals surface area contributed by atoms with Crippen LogP contribution in [0.3, 0.4) is 0 Å². The number of fused-ring (bicyclic) bond motifs is 2. The summed E-state index contributed by atoms with van der Waals surface area (Å²) < 4.78 is 0. The first kappa shape index (κ1) is 46.5. The van der Waals surface area contributed by atoms with Gasteiger partial charge in [0, 0.05) is 49.5 Å². The van der Waals surface area contributed by atoms with E-state index in [1.54, 1.807) is 26.0 Å².